The molecule has 1 aromatic carbocycles. The summed E-state index contributed by atoms with van der Waals surface area (Å²) in [7, 11) is 0. The highest BCUT2D eigenvalue weighted by Gasteiger charge is 2.44. The van der Waals surface area contributed by atoms with E-state index in [0.717, 1.165) is 18.3 Å². The molecule has 38 heavy (non-hydrogen) atoms. The van der Waals surface area contributed by atoms with Crippen LogP contribution in [0.15, 0.2) is 60.8 Å². The van der Waals surface area contributed by atoms with Crippen LogP contribution in [0.3, 0.4) is 0 Å². The Morgan fingerprint density at radius 3 is 1.87 bits per heavy atom. The second kappa shape index (κ2) is 12.0. The fraction of sp³-hybridized carbons (Fsp3) is 0.500. The minimum Gasteiger partial charge on any atom is -0.431 e. The maximum absolute atomic E-state index is 14.9. The van der Waals surface area contributed by atoms with Gasteiger partial charge in [0.15, 0.2) is 0 Å². The van der Waals surface area contributed by atoms with E-state index in [9.17, 15) is 26.3 Å². The van der Waals surface area contributed by atoms with Crippen LogP contribution in [0.5, 0.6) is 5.75 Å². The zero-order valence-corrected chi connectivity index (χ0v) is 21.4. The Balaban J connectivity index is 1.28. The smallest absolute Gasteiger partial charge is 0.419 e. The summed E-state index contributed by atoms with van der Waals surface area (Å²) in [6.07, 6.45) is 8.66. The molecule has 2 nitrogen and oxygen atoms in total. The topological polar surface area (TPSA) is 22.1 Å². The molecule has 2 aromatic rings. The summed E-state index contributed by atoms with van der Waals surface area (Å²) in [6, 6.07) is 5.03. The first-order valence-electron chi connectivity index (χ1n) is 13.3. The molecule has 0 unspecified atom stereocenters. The van der Waals surface area contributed by atoms with Crippen LogP contribution < -0.4 is 4.74 Å². The molecule has 2 saturated carbocycles. The van der Waals surface area contributed by atoms with Gasteiger partial charge in [-0.2, -0.15) is 22.0 Å². The minimum atomic E-state index is -4.81. The molecule has 0 bridgehead atoms. The van der Waals surface area contributed by atoms with Gasteiger partial charge in [-0.05, 0) is 100 Å². The molecule has 0 aliphatic heterocycles. The number of hydrogen-bond donors (Lipinski definition) is 0. The summed E-state index contributed by atoms with van der Waals surface area (Å²) in [5, 5.41) is 0. The Labute approximate surface area is 219 Å². The molecule has 0 radical (unpaired) electrons. The van der Waals surface area contributed by atoms with E-state index in [-0.39, 0.29) is 17.0 Å². The molecular formula is C30H33F6NO. The first-order chi connectivity index (χ1) is 18.0. The zero-order valence-electron chi connectivity index (χ0n) is 21.4. The first kappa shape index (κ1) is 28.2. The number of benzene rings is 1. The fourth-order valence-corrected chi connectivity index (χ4v) is 5.52. The van der Waals surface area contributed by atoms with Crippen LogP contribution in [-0.4, -0.2) is 11.1 Å². The summed E-state index contributed by atoms with van der Waals surface area (Å²) in [5.74, 6) is -0.921. The van der Waals surface area contributed by atoms with Gasteiger partial charge in [0, 0.05) is 5.56 Å². The second-order valence-corrected chi connectivity index (χ2v) is 10.4. The predicted octanol–water partition coefficient (Wildman–Crippen LogP) is 9.62. The van der Waals surface area contributed by atoms with Gasteiger partial charge in [-0.25, -0.2) is 4.39 Å². The van der Waals surface area contributed by atoms with Gasteiger partial charge < -0.3 is 4.74 Å². The van der Waals surface area contributed by atoms with Crippen LogP contribution in [0.4, 0.5) is 26.3 Å². The van der Waals surface area contributed by atoms with Gasteiger partial charge >= 0.3 is 12.3 Å². The highest BCUT2D eigenvalue weighted by atomic mass is 19.4. The maximum atomic E-state index is 14.9. The van der Waals surface area contributed by atoms with Crippen LogP contribution in [0.1, 0.15) is 63.9 Å². The summed E-state index contributed by atoms with van der Waals surface area (Å²) < 4.78 is 87.0. The van der Waals surface area contributed by atoms with Crippen molar-refractivity contribution >= 4 is 0 Å². The van der Waals surface area contributed by atoms with E-state index < -0.39 is 29.6 Å². The van der Waals surface area contributed by atoms with E-state index in [1.165, 1.54) is 37.8 Å². The molecule has 0 N–H and O–H groups in total. The van der Waals surface area contributed by atoms with Crippen LogP contribution >= 0.6 is 0 Å². The molecule has 2 fully saturated rings. The summed E-state index contributed by atoms with van der Waals surface area (Å²) in [5.41, 5.74) is -1.12. The minimum absolute atomic E-state index is 0.103. The molecule has 0 atom stereocenters. The Bertz CT molecular complexity index is 1110. The largest absolute Gasteiger partial charge is 0.431 e. The summed E-state index contributed by atoms with van der Waals surface area (Å²) >= 11 is 0. The maximum Gasteiger partial charge on any atom is 0.419 e. The molecule has 206 valence electrons. The molecule has 0 amide bonds. The number of alkyl halides is 5. The lowest BCUT2D eigenvalue weighted by Crippen LogP contribution is -2.37. The number of allylic oxidation sites excluding steroid dienone is 4. The number of rotatable bonds is 7. The number of halogens is 6. The van der Waals surface area contributed by atoms with Crippen molar-refractivity contribution in [1.29, 1.82) is 0 Å². The van der Waals surface area contributed by atoms with Crippen LogP contribution in [-0.2, 0) is 6.18 Å². The molecule has 2 aliphatic rings. The van der Waals surface area contributed by atoms with Crippen molar-refractivity contribution in [2.24, 2.45) is 23.7 Å². The SMILES string of the molecule is C/C=C/C1CCC(/C=C/C2CCC(C(F)(F)Oc3ccc(-c4ccc(C(F)(F)F)c(F)c4)nc3)CC2)CC1. The van der Waals surface area contributed by atoms with Gasteiger partial charge in [-0.1, -0.05) is 30.4 Å². The van der Waals surface area contributed by atoms with Crippen LogP contribution in [0.2, 0.25) is 0 Å². The molecule has 0 spiro atoms. The monoisotopic (exact) mass is 537 g/mol. The average Bonchev–Trinajstić information content (AvgIpc) is 2.88. The number of pyridine rings is 1. The Kier molecular flexibility index (Phi) is 8.89. The Hall–Kier alpha value is -2.77. The molecule has 2 aliphatic carbocycles. The summed E-state index contributed by atoms with van der Waals surface area (Å²) in [6.45, 7) is 2.06. The van der Waals surface area contributed by atoms with Crippen molar-refractivity contribution in [2.45, 2.75) is 70.6 Å². The van der Waals surface area contributed by atoms with Crippen LogP contribution in [0, 0.1) is 29.5 Å². The Morgan fingerprint density at radius 1 is 0.789 bits per heavy atom. The lowest BCUT2D eigenvalue weighted by Gasteiger charge is -2.32. The number of ether oxygens (including phenoxy) is 1. The standard InChI is InChI=1S/C30H33F6NO/c1-2-3-20-4-6-21(7-5-20)8-9-22-10-13-24(14-11-22)30(35,36)38-25-15-17-28(37-19-25)23-12-16-26(27(31)18-23)29(32,33)34/h2-3,8-9,12,15-22,24H,4-7,10-11,13-14H2,1H3/b3-2+,9-8+. The highest BCUT2D eigenvalue weighted by Crippen LogP contribution is 2.41. The van der Waals surface area contributed by atoms with E-state index in [1.54, 1.807) is 0 Å². The van der Waals surface area contributed by atoms with Gasteiger partial charge in [0.1, 0.15) is 11.6 Å². The number of hydrogen-bond acceptors (Lipinski definition) is 2. The van der Waals surface area contributed by atoms with E-state index in [0.29, 0.717) is 49.5 Å². The van der Waals surface area contributed by atoms with E-state index in [2.05, 4.69) is 36.2 Å². The van der Waals surface area contributed by atoms with Crippen molar-refractivity contribution < 1.29 is 31.1 Å². The van der Waals surface area contributed by atoms with E-state index in [1.807, 2.05) is 0 Å². The lowest BCUT2D eigenvalue weighted by atomic mass is 9.78. The number of nitrogens with zero attached hydrogens (tertiary/aromatic N) is 1. The molecular weight excluding hydrogens is 504 g/mol. The third kappa shape index (κ3) is 7.20. The van der Waals surface area contributed by atoms with E-state index in [4.69, 9.17) is 4.74 Å². The van der Waals surface area contributed by atoms with Crippen molar-refractivity contribution in [3.63, 3.8) is 0 Å². The van der Waals surface area contributed by atoms with Gasteiger partial charge in [0.2, 0.25) is 0 Å². The molecule has 8 heteroatoms. The normalized spacial score (nSPS) is 25.2. The predicted molar refractivity (Wildman–Crippen MR) is 135 cm³/mol. The third-order valence-corrected chi connectivity index (χ3v) is 7.74. The van der Waals surface area contributed by atoms with Crippen molar-refractivity contribution in [3.8, 4) is 17.0 Å². The molecule has 1 aromatic heterocycles. The summed E-state index contributed by atoms with van der Waals surface area (Å²) in [4.78, 5) is 3.99. The molecule has 0 saturated heterocycles. The van der Waals surface area contributed by atoms with Gasteiger partial charge in [-0.3, -0.25) is 4.98 Å². The Morgan fingerprint density at radius 2 is 1.37 bits per heavy atom. The second-order valence-electron chi connectivity index (χ2n) is 10.4. The zero-order chi connectivity index (χ0) is 27.3. The van der Waals surface area contributed by atoms with Crippen molar-refractivity contribution in [2.75, 3.05) is 0 Å². The number of aromatic nitrogens is 1. The highest BCUT2D eigenvalue weighted by molar-refractivity contribution is 5.60. The average molecular weight is 538 g/mol. The first-order valence-corrected chi connectivity index (χ1v) is 13.3. The molecule has 4 rings (SSSR count). The van der Waals surface area contributed by atoms with Gasteiger partial charge in [0.05, 0.1) is 23.4 Å². The lowest BCUT2D eigenvalue weighted by molar-refractivity contribution is -0.223. The third-order valence-electron chi connectivity index (χ3n) is 7.74. The quantitative estimate of drug-likeness (QED) is 0.259. The van der Waals surface area contributed by atoms with Crippen molar-refractivity contribution in [1.82, 2.24) is 4.98 Å². The fourth-order valence-electron chi connectivity index (χ4n) is 5.52. The molecule has 1 heterocycles. The van der Waals surface area contributed by atoms with E-state index >= 15 is 0 Å². The van der Waals surface area contributed by atoms with Crippen molar-refractivity contribution in [3.05, 3.63) is 72.2 Å². The van der Waals surface area contributed by atoms with Crippen LogP contribution in [0.25, 0.3) is 11.3 Å². The van der Waals surface area contributed by atoms with Gasteiger partial charge in [0.25, 0.3) is 0 Å². The van der Waals surface area contributed by atoms with Gasteiger partial charge in [-0.15, -0.1) is 0 Å².